The van der Waals surface area contributed by atoms with Crippen molar-refractivity contribution >= 4 is 27.5 Å². The number of hydrogen-bond donors (Lipinski definition) is 1. The number of hydrogen-bond acceptors (Lipinski definition) is 3. The Balaban J connectivity index is 2.27. The van der Waals surface area contributed by atoms with Crippen molar-refractivity contribution in [2.24, 2.45) is 0 Å². The molecule has 5 heteroatoms. The highest BCUT2D eigenvalue weighted by Gasteiger charge is 2.18. The number of rotatable bonds is 6. The minimum Gasteiger partial charge on any atom is -0.491 e. The molecule has 0 aliphatic heterocycles. The van der Waals surface area contributed by atoms with Gasteiger partial charge in [0.15, 0.2) is 0 Å². The Morgan fingerprint density at radius 2 is 1.90 bits per heavy atom. The molecule has 1 unspecified atom stereocenters. The van der Waals surface area contributed by atoms with E-state index >= 15 is 0 Å². The molecule has 0 radical (unpaired) electrons. The Labute approximate surface area is 137 Å². The Kier molecular flexibility index (Phi) is 6.06. The predicted octanol–water partition coefficient (Wildman–Crippen LogP) is 4.21. The minimum absolute atomic E-state index is 0.425. The summed E-state index contributed by atoms with van der Waals surface area (Å²) in [6.45, 7) is 0.914. The normalized spacial score (nSPS) is 12.2. The molecule has 1 atom stereocenters. The van der Waals surface area contributed by atoms with E-state index in [1.54, 1.807) is 19.2 Å². The predicted molar refractivity (Wildman–Crippen MR) is 87.0 cm³/mol. The minimum atomic E-state index is -0.843. The third-order valence-electron chi connectivity index (χ3n) is 3.02. The lowest BCUT2D eigenvalue weighted by atomic mass is 10.0. The van der Waals surface area contributed by atoms with Crippen molar-refractivity contribution in [1.29, 1.82) is 0 Å². The first-order chi connectivity index (χ1) is 10.1. The quantitative estimate of drug-likeness (QED) is 0.773. The van der Waals surface area contributed by atoms with Gasteiger partial charge in [0.05, 0.1) is 6.61 Å². The van der Waals surface area contributed by atoms with Gasteiger partial charge >= 0.3 is 0 Å². The molecule has 0 saturated heterocycles. The van der Waals surface area contributed by atoms with Gasteiger partial charge in [-0.1, -0.05) is 51.8 Å². The maximum Gasteiger partial charge on any atom is 0.125 e. The lowest BCUT2D eigenvalue weighted by molar-refractivity contribution is 0.142. The van der Waals surface area contributed by atoms with Crippen LogP contribution in [0.3, 0.4) is 0 Å². The first kappa shape index (κ1) is 16.3. The van der Waals surface area contributed by atoms with Crippen molar-refractivity contribution in [3.8, 4) is 5.75 Å². The van der Waals surface area contributed by atoms with E-state index in [9.17, 15) is 5.11 Å². The molecule has 0 saturated carbocycles. The molecule has 0 heterocycles. The van der Waals surface area contributed by atoms with Crippen LogP contribution < -0.4 is 4.74 Å². The van der Waals surface area contributed by atoms with Gasteiger partial charge in [-0.2, -0.15) is 0 Å². The molecule has 21 heavy (non-hydrogen) atoms. The van der Waals surface area contributed by atoms with Crippen molar-refractivity contribution in [3.63, 3.8) is 0 Å². The van der Waals surface area contributed by atoms with Crippen molar-refractivity contribution in [3.05, 3.63) is 63.1 Å². The first-order valence-electron chi connectivity index (χ1n) is 6.47. The Morgan fingerprint density at radius 3 is 2.62 bits per heavy atom. The van der Waals surface area contributed by atoms with Crippen molar-refractivity contribution in [2.45, 2.75) is 6.10 Å². The molecule has 0 fully saturated rings. The van der Waals surface area contributed by atoms with Gasteiger partial charge in [-0.05, 0) is 18.2 Å². The number of aliphatic hydroxyl groups is 1. The Hall–Kier alpha value is -1.07. The van der Waals surface area contributed by atoms with Crippen LogP contribution in [0.25, 0.3) is 0 Å². The van der Waals surface area contributed by atoms with Crippen LogP contribution in [0.2, 0.25) is 5.02 Å². The zero-order valence-electron chi connectivity index (χ0n) is 11.6. The summed E-state index contributed by atoms with van der Waals surface area (Å²) in [4.78, 5) is 0. The average molecular weight is 372 g/mol. The number of benzene rings is 2. The molecule has 112 valence electrons. The van der Waals surface area contributed by atoms with E-state index in [2.05, 4.69) is 15.9 Å². The van der Waals surface area contributed by atoms with Gasteiger partial charge in [0, 0.05) is 27.7 Å². The third kappa shape index (κ3) is 4.20. The van der Waals surface area contributed by atoms with Crippen LogP contribution in [0.4, 0.5) is 0 Å². The van der Waals surface area contributed by atoms with Gasteiger partial charge in [0.25, 0.3) is 0 Å². The molecular weight excluding hydrogens is 356 g/mol. The Morgan fingerprint density at radius 1 is 1.14 bits per heavy atom. The summed E-state index contributed by atoms with van der Waals surface area (Å²) in [5, 5.41) is 11.1. The molecule has 0 aliphatic carbocycles. The summed E-state index contributed by atoms with van der Waals surface area (Å²) < 4.78 is 11.5. The van der Waals surface area contributed by atoms with E-state index in [1.165, 1.54) is 0 Å². The number of ether oxygens (including phenoxy) is 2. The number of methoxy groups -OCH3 is 1. The fraction of sp³-hybridized carbons (Fsp3) is 0.250. The second kappa shape index (κ2) is 7.80. The molecule has 0 amide bonds. The molecule has 0 aromatic heterocycles. The maximum absolute atomic E-state index is 10.6. The highest BCUT2D eigenvalue weighted by atomic mass is 79.9. The van der Waals surface area contributed by atoms with Gasteiger partial charge in [-0.15, -0.1) is 0 Å². The van der Waals surface area contributed by atoms with E-state index in [0.717, 1.165) is 4.47 Å². The van der Waals surface area contributed by atoms with Crippen molar-refractivity contribution < 1.29 is 14.6 Å². The smallest absolute Gasteiger partial charge is 0.125 e. The molecule has 1 N–H and O–H groups in total. The van der Waals surface area contributed by atoms with Gasteiger partial charge in [0.2, 0.25) is 0 Å². The Bertz CT molecular complexity index is 604. The third-order valence-corrected chi connectivity index (χ3v) is 3.84. The van der Waals surface area contributed by atoms with Crippen LogP contribution in [0.1, 0.15) is 17.2 Å². The number of aliphatic hydroxyl groups excluding tert-OH is 1. The first-order valence-corrected chi connectivity index (χ1v) is 7.64. The molecule has 0 bridgehead atoms. The second-order valence-corrected chi connectivity index (χ2v) is 5.77. The lowest BCUT2D eigenvalue weighted by Gasteiger charge is -2.17. The summed E-state index contributed by atoms with van der Waals surface area (Å²) in [6, 6.07) is 12.8. The summed E-state index contributed by atoms with van der Waals surface area (Å²) in [5.74, 6) is 0.626. The van der Waals surface area contributed by atoms with E-state index in [4.69, 9.17) is 21.1 Å². The molecule has 0 aliphatic rings. The molecule has 3 nitrogen and oxygen atoms in total. The standard InChI is InChI=1S/C16H16BrClO3/c1-20-8-9-21-15-5-3-2-4-13(15)16(19)12-7-6-11(17)10-14(12)18/h2-7,10,16,19H,8-9H2,1H3. The highest BCUT2D eigenvalue weighted by Crippen LogP contribution is 2.34. The number of para-hydroxylation sites is 1. The molecule has 2 aromatic carbocycles. The number of halogens is 2. The molecule has 0 spiro atoms. The largest absolute Gasteiger partial charge is 0.491 e. The summed E-state index contributed by atoms with van der Waals surface area (Å²) in [7, 11) is 1.62. The summed E-state index contributed by atoms with van der Waals surface area (Å²) in [6.07, 6.45) is -0.843. The van der Waals surface area contributed by atoms with Gasteiger partial charge in [-0.3, -0.25) is 0 Å². The van der Waals surface area contributed by atoms with Crippen LogP contribution in [-0.4, -0.2) is 25.4 Å². The van der Waals surface area contributed by atoms with Crippen LogP contribution in [-0.2, 0) is 4.74 Å². The van der Waals surface area contributed by atoms with Crippen molar-refractivity contribution in [1.82, 2.24) is 0 Å². The van der Waals surface area contributed by atoms with E-state index in [1.807, 2.05) is 30.3 Å². The fourth-order valence-corrected chi connectivity index (χ4v) is 2.74. The highest BCUT2D eigenvalue weighted by molar-refractivity contribution is 9.10. The van der Waals surface area contributed by atoms with E-state index < -0.39 is 6.10 Å². The SMILES string of the molecule is COCCOc1ccccc1C(O)c1ccc(Br)cc1Cl. The van der Waals surface area contributed by atoms with Crippen LogP contribution in [0.15, 0.2) is 46.9 Å². The molecule has 2 rings (SSSR count). The van der Waals surface area contributed by atoms with Crippen LogP contribution in [0.5, 0.6) is 5.75 Å². The molecular formula is C16H16BrClO3. The lowest BCUT2D eigenvalue weighted by Crippen LogP contribution is -2.08. The van der Waals surface area contributed by atoms with Gasteiger partial charge < -0.3 is 14.6 Å². The maximum atomic E-state index is 10.6. The zero-order chi connectivity index (χ0) is 15.2. The topological polar surface area (TPSA) is 38.7 Å². The summed E-state index contributed by atoms with van der Waals surface area (Å²) in [5.41, 5.74) is 1.32. The fourth-order valence-electron chi connectivity index (χ4n) is 1.96. The monoisotopic (exact) mass is 370 g/mol. The van der Waals surface area contributed by atoms with E-state index in [0.29, 0.717) is 35.1 Å². The van der Waals surface area contributed by atoms with Crippen molar-refractivity contribution in [2.75, 3.05) is 20.3 Å². The summed E-state index contributed by atoms with van der Waals surface area (Å²) >= 11 is 9.56. The van der Waals surface area contributed by atoms with Crippen LogP contribution in [0, 0.1) is 0 Å². The van der Waals surface area contributed by atoms with Gasteiger partial charge in [-0.25, -0.2) is 0 Å². The second-order valence-electron chi connectivity index (χ2n) is 4.45. The average Bonchev–Trinajstić information content (AvgIpc) is 2.47. The van der Waals surface area contributed by atoms with E-state index in [-0.39, 0.29) is 0 Å². The van der Waals surface area contributed by atoms with Gasteiger partial charge in [0.1, 0.15) is 18.5 Å². The zero-order valence-corrected chi connectivity index (χ0v) is 13.9. The van der Waals surface area contributed by atoms with Crippen LogP contribution >= 0.6 is 27.5 Å². The molecule has 2 aromatic rings.